The van der Waals surface area contributed by atoms with Gasteiger partial charge in [-0.25, -0.2) is 0 Å². The highest BCUT2D eigenvalue weighted by Crippen LogP contribution is 2.34. The van der Waals surface area contributed by atoms with E-state index < -0.39 is 6.10 Å². The second-order valence-electron chi connectivity index (χ2n) is 7.74. The fourth-order valence-electron chi connectivity index (χ4n) is 3.19. The average molecular weight is 364 g/mol. The normalized spacial score (nSPS) is 16.7. The molecule has 1 aliphatic rings. The van der Waals surface area contributed by atoms with Gasteiger partial charge in [-0.1, -0.05) is 39.8 Å². The van der Waals surface area contributed by atoms with Crippen molar-refractivity contribution in [1.82, 2.24) is 10.2 Å². The Morgan fingerprint density at radius 3 is 2.42 bits per heavy atom. The van der Waals surface area contributed by atoms with Crippen LogP contribution in [0.1, 0.15) is 53.4 Å². The zero-order valence-electron chi connectivity index (χ0n) is 16.4. The molecular weight excluding hydrogens is 332 g/mol. The third kappa shape index (κ3) is 6.41. The van der Waals surface area contributed by atoms with Crippen LogP contribution in [0.25, 0.3) is 0 Å². The Balaban J connectivity index is 2.32. The minimum Gasteiger partial charge on any atom is -0.392 e. The molecule has 0 bridgehead atoms. The van der Waals surface area contributed by atoms with Gasteiger partial charge in [-0.2, -0.15) is 0 Å². The monoisotopic (exact) mass is 364 g/mol. The molecule has 2 N–H and O–H groups in total. The topological polar surface area (TPSA) is 86.7 Å². The predicted molar refractivity (Wildman–Crippen MR) is 101 cm³/mol. The van der Waals surface area contributed by atoms with E-state index in [1.54, 1.807) is 0 Å². The van der Waals surface area contributed by atoms with Crippen molar-refractivity contribution in [2.45, 2.75) is 59.5 Å². The summed E-state index contributed by atoms with van der Waals surface area (Å²) in [5.41, 5.74) is 0.857. The van der Waals surface area contributed by atoms with Crippen molar-refractivity contribution in [3.63, 3.8) is 0 Å². The Labute approximate surface area is 156 Å². The first kappa shape index (κ1) is 22.1. The van der Waals surface area contributed by atoms with Crippen molar-refractivity contribution in [1.29, 1.82) is 0 Å². The van der Waals surface area contributed by atoms with Crippen LogP contribution in [0.15, 0.2) is 24.3 Å². The van der Waals surface area contributed by atoms with E-state index in [9.17, 15) is 19.5 Å². The minimum atomic E-state index is -0.492. The maximum atomic E-state index is 11.9. The molecule has 0 radical (unpaired) electrons. The molecule has 0 spiro atoms. The molecule has 1 unspecified atom stereocenters. The molecule has 6 nitrogen and oxygen atoms in total. The standard InChI is InChI=1S/C20H32N2O4/c1-6-14(2)13-20(4,5)19(26)15(3)9-11-21-16(23)10-12-22-17(24)7-8-18(22)25/h7-8,15,19,26H,2,6,9-13H2,1,3-5H3,(H,21,23)/t15?,19-/m1/s1. The number of amides is 3. The molecule has 0 saturated carbocycles. The Morgan fingerprint density at radius 1 is 1.31 bits per heavy atom. The Kier molecular flexibility index (Phi) is 8.21. The summed E-state index contributed by atoms with van der Waals surface area (Å²) < 4.78 is 0. The number of allylic oxidation sites excluding steroid dienone is 1. The SMILES string of the molecule is C=C(CC)CC(C)(C)[C@H](O)C(C)CCNC(=O)CCN1C(=O)C=CC1=O. The lowest BCUT2D eigenvalue weighted by atomic mass is 9.74. The fraction of sp³-hybridized carbons (Fsp3) is 0.650. The summed E-state index contributed by atoms with van der Waals surface area (Å²) in [5.74, 6) is -0.940. The van der Waals surface area contributed by atoms with Crippen LogP contribution in [-0.4, -0.2) is 46.9 Å². The summed E-state index contributed by atoms with van der Waals surface area (Å²) >= 11 is 0. The van der Waals surface area contributed by atoms with Gasteiger partial charge < -0.3 is 10.4 Å². The Morgan fingerprint density at radius 2 is 1.88 bits per heavy atom. The first-order valence-electron chi connectivity index (χ1n) is 9.23. The first-order valence-corrected chi connectivity index (χ1v) is 9.23. The molecule has 0 saturated heterocycles. The van der Waals surface area contributed by atoms with Crippen molar-refractivity contribution in [3.05, 3.63) is 24.3 Å². The van der Waals surface area contributed by atoms with Gasteiger partial charge in [0.2, 0.25) is 5.91 Å². The zero-order chi connectivity index (χ0) is 19.9. The van der Waals surface area contributed by atoms with Crippen LogP contribution in [0.2, 0.25) is 0 Å². The molecule has 2 atom stereocenters. The summed E-state index contributed by atoms with van der Waals surface area (Å²) in [6.45, 7) is 12.7. The lowest BCUT2D eigenvalue weighted by Crippen LogP contribution is -2.38. The number of aliphatic hydroxyl groups excluding tert-OH is 1. The summed E-state index contributed by atoms with van der Waals surface area (Å²) in [6, 6.07) is 0. The number of nitrogens with one attached hydrogen (secondary N) is 1. The van der Waals surface area contributed by atoms with Gasteiger partial charge in [0.25, 0.3) is 11.8 Å². The number of imide groups is 1. The average Bonchev–Trinajstić information content (AvgIpc) is 2.89. The lowest BCUT2D eigenvalue weighted by Gasteiger charge is -2.35. The van der Waals surface area contributed by atoms with Crippen molar-refractivity contribution >= 4 is 17.7 Å². The molecule has 1 heterocycles. The highest BCUT2D eigenvalue weighted by molar-refractivity contribution is 6.13. The van der Waals surface area contributed by atoms with Gasteiger partial charge in [-0.15, -0.1) is 0 Å². The first-order chi connectivity index (χ1) is 12.1. The van der Waals surface area contributed by atoms with E-state index in [0.29, 0.717) is 13.0 Å². The molecule has 3 amide bonds. The van der Waals surface area contributed by atoms with Crippen molar-refractivity contribution in [3.8, 4) is 0 Å². The van der Waals surface area contributed by atoms with E-state index in [2.05, 4.69) is 18.8 Å². The largest absolute Gasteiger partial charge is 0.392 e. The molecule has 0 aromatic heterocycles. The fourth-order valence-corrected chi connectivity index (χ4v) is 3.19. The molecule has 146 valence electrons. The van der Waals surface area contributed by atoms with E-state index >= 15 is 0 Å². The second-order valence-corrected chi connectivity index (χ2v) is 7.74. The molecule has 26 heavy (non-hydrogen) atoms. The smallest absolute Gasteiger partial charge is 0.253 e. The van der Waals surface area contributed by atoms with Crippen molar-refractivity contribution in [2.75, 3.05) is 13.1 Å². The number of carbonyl (C=O) groups is 3. The molecule has 0 aromatic rings. The summed E-state index contributed by atoms with van der Waals surface area (Å²) in [7, 11) is 0. The van der Waals surface area contributed by atoms with Gasteiger partial charge in [0.15, 0.2) is 0 Å². The molecule has 0 fully saturated rings. The van der Waals surface area contributed by atoms with Gasteiger partial charge >= 0.3 is 0 Å². The lowest BCUT2D eigenvalue weighted by molar-refractivity contribution is -0.137. The van der Waals surface area contributed by atoms with E-state index in [-0.39, 0.29) is 42.0 Å². The Hall–Kier alpha value is -1.95. The van der Waals surface area contributed by atoms with Gasteiger partial charge in [0.1, 0.15) is 0 Å². The third-order valence-corrected chi connectivity index (χ3v) is 4.93. The summed E-state index contributed by atoms with van der Waals surface area (Å²) in [4.78, 5) is 35.8. The molecular formula is C20H32N2O4. The molecule has 6 heteroatoms. The Bertz CT molecular complexity index is 562. The van der Waals surface area contributed by atoms with Crippen LogP contribution in [-0.2, 0) is 14.4 Å². The number of carbonyl (C=O) groups excluding carboxylic acids is 3. The molecule has 1 aliphatic heterocycles. The van der Waals surface area contributed by atoms with Crippen molar-refractivity contribution in [2.24, 2.45) is 11.3 Å². The van der Waals surface area contributed by atoms with Gasteiger partial charge in [0.05, 0.1) is 6.10 Å². The third-order valence-electron chi connectivity index (χ3n) is 4.93. The summed E-state index contributed by atoms with van der Waals surface area (Å²) in [5, 5.41) is 13.4. The predicted octanol–water partition coefficient (Wildman–Crippen LogP) is 2.19. The molecule has 1 rings (SSSR count). The van der Waals surface area contributed by atoms with Crippen molar-refractivity contribution < 1.29 is 19.5 Å². The van der Waals surface area contributed by atoms with Crippen LogP contribution in [0.4, 0.5) is 0 Å². The second kappa shape index (κ2) is 9.67. The minimum absolute atomic E-state index is 0.0286. The van der Waals surface area contributed by atoms with Gasteiger partial charge in [-0.05, 0) is 30.6 Å². The maximum absolute atomic E-state index is 11.9. The van der Waals surface area contributed by atoms with E-state index in [1.165, 1.54) is 12.2 Å². The maximum Gasteiger partial charge on any atom is 0.253 e. The highest BCUT2D eigenvalue weighted by Gasteiger charge is 2.32. The van der Waals surface area contributed by atoms with Crippen LogP contribution in [0.3, 0.4) is 0 Å². The quantitative estimate of drug-likeness (QED) is 0.435. The highest BCUT2D eigenvalue weighted by atomic mass is 16.3. The van der Waals surface area contributed by atoms with Crippen LogP contribution in [0, 0.1) is 11.3 Å². The van der Waals surface area contributed by atoms with Gasteiger partial charge in [0, 0.05) is 31.7 Å². The van der Waals surface area contributed by atoms with Crippen LogP contribution < -0.4 is 5.32 Å². The number of hydrogen-bond donors (Lipinski definition) is 2. The number of rotatable bonds is 11. The molecule has 0 aromatic carbocycles. The number of nitrogens with zero attached hydrogens (tertiary/aromatic N) is 1. The number of hydrogen-bond acceptors (Lipinski definition) is 4. The summed E-state index contributed by atoms with van der Waals surface area (Å²) in [6.07, 6.45) is 4.33. The molecule has 0 aliphatic carbocycles. The van der Waals surface area contributed by atoms with E-state index in [1.807, 2.05) is 20.8 Å². The van der Waals surface area contributed by atoms with Crippen LogP contribution >= 0.6 is 0 Å². The van der Waals surface area contributed by atoms with Gasteiger partial charge in [-0.3, -0.25) is 19.3 Å². The van der Waals surface area contributed by atoms with E-state index in [4.69, 9.17) is 0 Å². The van der Waals surface area contributed by atoms with Crippen LogP contribution in [0.5, 0.6) is 0 Å². The zero-order valence-corrected chi connectivity index (χ0v) is 16.4. The number of aliphatic hydroxyl groups is 1. The van der Waals surface area contributed by atoms with E-state index in [0.717, 1.165) is 23.3 Å².